The van der Waals surface area contributed by atoms with E-state index in [1.807, 2.05) is 7.05 Å². The first-order valence-electron chi connectivity index (χ1n) is 3.21. The number of rotatable bonds is 1. The van der Waals surface area contributed by atoms with Crippen molar-refractivity contribution < 1.29 is 4.84 Å². The van der Waals surface area contributed by atoms with Crippen molar-refractivity contribution >= 4 is 28.7 Å². The average Bonchev–Trinajstić information content (AvgIpc) is 2.37. The molecule has 0 amide bonds. The maximum absolute atomic E-state index is 4.35. The standard InChI is InChI=1S/C6H9NS.CH5NO.ClH/c1-5-3-4-6(7-2)8-5;1-3-2;/h3-4,7H,1-2H3;2H2,1H3;1H. The summed E-state index contributed by atoms with van der Waals surface area (Å²) in [4.78, 5) is 5.11. The smallest absolute Gasteiger partial charge is 0.0882 e. The molecule has 0 radical (unpaired) electrons. The summed E-state index contributed by atoms with van der Waals surface area (Å²) in [5.74, 6) is 4.35. The van der Waals surface area contributed by atoms with Crippen molar-refractivity contribution in [3.63, 3.8) is 0 Å². The highest BCUT2D eigenvalue weighted by atomic mass is 35.5. The van der Waals surface area contributed by atoms with Gasteiger partial charge in [0, 0.05) is 11.9 Å². The normalized spacial score (nSPS) is 7.67. The lowest BCUT2D eigenvalue weighted by Gasteiger charge is -1.86. The maximum atomic E-state index is 4.35. The molecule has 0 saturated heterocycles. The Bertz CT molecular complexity index is 193. The molecular formula is C7H15ClN2OS. The topological polar surface area (TPSA) is 47.3 Å². The second-order valence-electron chi connectivity index (χ2n) is 1.90. The maximum Gasteiger partial charge on any atom is 0.0882 e. The summed E-state index contributed by atoms with van der Waals surface area (Å²) in [6.07, 6.45) is 0. The van der Waals surface area contributed by atoms with Gasteiger partial charge in [-0.15, -0.1) is 23.7 Å². The Morgan fingerprint density at radius 2 is 2.00 bits per heavy atom. The largest absolute Gasteiger partial charge is 0.380 e. The Kier molecular flexibility index (Phi) is 10.5. The van der Waals surface area contributed by atoms with Crippen LogP contribution >= 0.6 is 23.7 Å². The fourth-order valence-electron chi connectivity index (χ4n) is 0.569. The molecule has 1 aromatic heterocycles. The Labute approximate surface area is 83.3 Å². The van der Waals surface area contributed by atoms with E-state index in [1.165, 1.54) is 17.0 Å². The van der Waals surface area contributed by atoms with Gasteiger partial charge >= 0.3 is 0 Å². The number of nitrogens with one attached hydrogen (secondary N) is 1. The van der Waals surface area contributed by atoms with E-state index in [0.29, 0.717) is 0 Å². The van der Waals surface area contributed by atoms with Gasteiger partial charge in [-0.05, 0) is 19.1 Å². The molecule has 1 rings (SSSR count). The van der Waals surface area contributed by atoms with Crippen LogP contribution in [-0.2, 0) is 4.84 Å². The van der Waals surface area contributed by atoms with Gasteiger partial charge in [-0.25, -0.2) is 5.90 Å². The first-order valence-corrected chi connectivity index (χ1v) is 4.03. The molecule has 0 bridgehead atoms. The highest BCUT2D eigenvalue weighted by molar-refractivity contribution is 7.15. The minimum atomic E-state index is 0. The summed E-state index contributed by atoms with van der Waals surface area (Å²) in [6, 6.07) is 4.19. The van der Waals surface area contributed by atoms with Crippen LogP contribution in [0.3, 0.4) is 0 Å². The molecule has 1 aromatic rings. The van der Waals surface area contributed by atoms with E-state index < -0.39 is 0 Å². The molecule has 12 heavy (non-hydrogen) atoms. The van der Waals surface area contributed by atoms with Crippen LogP contribution in [0, 0.1) is 6.92 Å². The van der Waals surface area contributed by atoms with E-state index in [9.17, 15) is 0 Å². The SMILES string of the molecule is CNc1ccc(C)s1.CON.Cl. The summed E-state index contributed by atoms with van der Waals surface area (Å²) in [5, 5.41) is 4.30. The van der Waals surface area contributed by atoms with Gasteiger partial charge in [0.05, 0.1) is 12.1 Å². The molecule has 0 aliphatic carbocycles. The molecular weight excluding hydrogens is 196 g/mol. The Hall–Kier alpha value is -0.290. The molecule has 3 N–H and O–H groups in total. The first-order chi connectivity index (χ1) is 5.24. The van der Waals surface area contributed by atoms with Crippen LogP contribution in [0.5, 0.6) is 0 Å². The van der Waals surface area contributed by atoms with E-state index in [4.69, 9.17) is 0 Å². The number of hydrogen-bond acceptors (Lipinski definition) is 4. The summed E-state index contributed by atoms with van der Waals surface area (Å²) in [5.41, 5.74) is 0. The fraction of sp³-hybridized carbons (Fsp3) is 0.429. The van der Waals surface area contributed by atoms with E-state index in [0.717, 1.165) is 0 Å². The zero-order valence-corrected chi connectivity index (χ0v) is 9.09. The van der Waals surface area contributed by atoms with Crippen LogP contribution in [0.2, 0.25) is 0 Å². The number of halogens is 1. The summed E-state index contributed by atoms with van der Waals surface area (Å²) in [7, 11) is 3.34. The van der Waals surface area contributed by atoms with Crippen molar-refractivity contribution in [2.45, 2.75) is 6.92 Å². The Morgan fingerprint density at radius 1 is 1.50 bits per heavy atom. The molecule has 72 valence electrons. The third kappa shape index (κ3) is 6.42. The van der Waals surface area contributed by atoms with Crippen LogP contribution in [0.15, 0.2) is 12.1 Å². The van der Waals surface area contributed by atoms with Gasteiger partial charge in [0.15, 0.2) is 0 Å². The highest BCUT2D eigenvalue weighted by Gasteiger charge is 1.88. The van der Waals surface area contributed by atoms with Crippen LogP contribution in [0.1, 0.15) is 4.88 Å². The molecule has 5 heteroatoms. The van der Waals surface area contributed by atoms with Gasteiger partial charge in [0.25, 0.3) is 0 Å². The zero-order chi connectivity index (χ0) is 8.69. The molecule has 0 saturated carbocycles. The predicted molar refractivity (Wildman–Crippen MR) is 57.0 cm³/mol. The molecule has 0 aliphatic heterocycles. The first kappa shape index (κ1) is 14.2. The lowest BCUT2D eigenvalue weighted by Crippen LogP contribution is -1.86. The molecule has 1 heterocycles. The minimum Gasteiger partial charge on any atom is -0.380 e. The van der Waals surface area contributed by atoms with Gasteiger partial charge in [0.1, 0.15) is 0 Å². The predicted octanol–water partition coefficient (Wildman–Crippen LogP) is 2.03. The summed E-state index contributed by atoms with van der Waals surface area (Å²) in [6.45, 7) is 2.10. The Balaban J connectivity index is 0. The van der Waals surface area contributed by atoms with Gasteiger partial charge in [-0.3, -0.25) is 0 Å². The van der Waals surface area contributed by atoms with Crippen LogP contribution in [0.4, 0.5) is 5.00 Å². The van der Waals surface area contributed by atoms with Crippen molar-refractivity contribution in [2.24, 2.45) is 5.90 Å². The van der Waals surface area contributed by atoms with Crippen molar-refractivity contribution in [3.8, 4) is 0 Å². The second-order valence-corrected chi connectivity index (χ2v) is 3.18. The minimum absolute atomic E-state index is 0. The summed E-state index contributed by atoms with van der Waals surface area (Å²) < 4.78 is 0. The monoisotopic (exact) mass is 210 g/mol. The summed E-state index contributed by atoms with van der Waals surface area (Å²) >= 11 is 1.78. The molecule has 0 aromatic carbocycles. The van der Waals surface area contributed by atoms with E-state index in [2.05, 4.69) is 35.1 Å². The van der Waals surface area contributed by atoms with Gasteiger partial charge < -0.3 is 10.2 Å². The van der Waals surface area contributed by atoms with Crippen LogP contribution < -0.4 is 11.2 Å². The lowest BCUT2D eigenvalue weighted by molar-refractivity contribution is 0.206. The van der Waals surface area contributed by atoms with Crippen LogP contribution in [-0.4, -0.2) is 14.2 Å². The quantitative estimate of drug-likeness (QED) is 0.698. The van der Waals surface area contributed by atoms with Crippen molar-refractivity contribution in [2.75, 3.05) is 19.5 Å². The third-order valence-electron chi connectivity index (χ3n) is 0.987. The number of hydrogen-bond donors (Lipinski definition) is 2. The molecule has 0 aliphatic rings. The fourth-order valence-corrected chi connectivity index (χ4v) is 1.29. The number of anilines is 1. The third-order valence-corrected chi connectivity index (χ3v) is 2.00. The molecule has 3 nitrogen and oxygen atoms in total. The average molecular weight is 211 g/mol. The van der Waals surface area contributed by atoms with E-state index >= 15 is 0 Å². The van der Waals surface area contributed by atoms with Crippen molar-refractivity contribution in [1.29, 1.82) is 0 Å². The highest BCUT2D eigenvalue weighted by Crippen LogP contribution is 2.19. The van der Waals surface area contributed by atoms with E-state index in [-0.39, 0.29) is 12.4 Å². The molecule has 0 fully saturated rings. The number of thiophene rings is 1. The molecule has 0 atom stereocenters. The van der Waals surface area contributed by atoms with Gasteiger partial charge in [-0.2, -0.15) is 0 Å². The zero-order valence-electron chi connectivity index (χ0n) is 7.46. The Morgan fingerprint density at radius 3 is 2.17 bits per heavy atom. The number of aryl methyl sites for hydroxylation is 1. The van der Waals surface area contributed by atoms with E-state index in [1.54, 1.807) is 11.3 Å². The van der Waals surface area contributed by atoms with Crippen molar-refractivity contribution in [1.82, 2.24) is 0 Å². The lowest BCUT2D eigenvalue weighted by atomic mass is 10.5. The molecule has 0 unspecified atom stereocenters. The van der Waals surface area contributed by atoms with Crippen LogP contribution in [0.25, 0.3) is 0 Å². The second kappa shape index (κ2) is 8.80. The van der Waals surface area contributed by atoms with Gasteiger partial charge in [0.2, 0.25) is 0 Å². The number of nitrogens with two attached hydrogens (primary N) is 1. The molecule has 0 spiro atoms. The van der Waals surface area contributed by atoms with Crippen molar-refractivity contribution in [3.05, 3.63) is 17.0 Å². The van der Waals surface area contributed by atoms with Gasteiger partial charge in [-0.1, -0.05) is 0 Å².